The van der Waals surface area contributed by atoms with Gasteiger partial charge in [0, 0.05) is 12.6 Å². The third kappa shape index (κ3) is 3.74. The van der Waals surface area contributed by atoms with E-state index in [9.17, 15) is 4.79 Å². The van der Waals surface area contributed by atoms with Gasteiger partial charge in [0.05, 0.1) is 6.61 Å². The lowest BCUT2D eigenvalue weighted by molar-refractivity contribution is -0.138. The van der Waals surface area contributed by atoms with Crippen molar-refractivity contribution in [3.63, 3.8) is 0 Å². The molecule has 4 nitrogen and oxygen atoms in total. The first kappa shape index (κ1) is 10.7. The molecule has 0 aromatic heterocycles. The largest absolute Gasteiger partial charge is 0.457 e. The summed E-state index contributed by atoms with van der Waals surface area (Å²) in [6.07, 6.45) is 1.57. The van der Waals surface area contributed by atoms with Crippen LogP contribution in [-0.2, 0) is 9.53 Å². The molecule has 0 heterocycles. The highest BCUT2D eigenvalue weighted by Gasteiger charge is 2.18. The predicted molar refractivity (Wildman–Crippen MR) is 46.9 cm³/mol. The van der Waals surface area contributed by atoms with Gasteiger partial charge in [-0.1, -0.05) is 0 Å². The van der Waals surface area contributed by atoms with E-state index in [1.165, 1.54) is 0 Å². The molecule has 0 saturated heterocycles. The normalized spacial score (nSPS) is 10.6. The second-order valence-corrected chi connectivity index (χ2v) is 2.00. The SMILES string of the molecule is C#[N+]/C(=C\CNC)C(=O)OCC. The van der Waals surface area contributed by atoms with Crippen LogP contribution in [0.5, 0.6) is 0 Å². The summed E-state index contributed by atoms with van der Waals surface area (Å²) in [7, 11) is 1.76. The van der Waals surface area contributed by atoms with E-state index in [1.807, 2.05) is 0 Å². The maximum absolute atomic E-state index is 11.0. The molecule has 0 aromatic rings. The Morgan fingerprint density at radius 1 is 1.75 bits per heavy atom. The Morgan fingerprint density at radius 3 is 2.83 bits per heavy atom. The molecule has 4 heteroatoms. The van der Waals surface area contributed by atoms with Gasteiger partial charge in [-0.2, -0.15) is 0 Å². The molecular weight excluding hydrogens is 156 g/mol. The van der Waals surface area contributed by atoms with E-state index < -0.39 is 5.97 Å². The van der Waals surface area contributed by atoms with Gasteiger partial charge < -0.3 is 10.1 Å². The molecule has 0 radical (unpaired) electrons. The lowest BCUT2D eigenvalue weighted by Gasteiger charge is -1.92. The number of ether oxygens (including phenoxy) is 1. The molecule has 0 fully saturated rings. The van der Waals surface area contributed by atoms with Gasteiger partial charge in [0.2, 0.25) is 0 Å². The van der Waals surface area contributed by atoms with Crippen LogP contribution in [0, 0.1) is 6.57 Å². The zero-order chi connectivity index (χ0) is 9.40. The van der Waals surface area contributed by atoms with Crippen LogP contribution in [0.15, 0.2) is 11.8 Å². The van der Waals surface area contributed by atoms with Crippen molar-refractivity contribution in [1.82, 2.24) is 5.32 Å². The van der Waals surface area contributed by atoms with Crippen molar-refractivity contribution < 1.29 is 9.53 Å². The first-order valence-corrected chi connectivity index (χ1v) is 3.69. The van der Waals surface area contributed by atoms with Gasteiger partial charge in [-0.3, -0.25) is 0 Å². The fourth-order valence-electron chi connectivity index (χ4n) is 0.593. The lowest BCUT2D eigenvalue weighted by Crippen LogP contribution is -2.10. The Morgan fingerprint density at radius 2 is 2.42 bits per heavy atom. The highest BCUT2D eigenvalue weighted by atomic mass is 16.5. The number of carbonyl (C=O) groups excluding carboxylic acids is 1. The molecule has 0 bridgehead atoms. The topological polar surface area (TPSA) is 42.7 Å². The summed E-state index contributed by atoms with van der Waals surface area (Å²) in [5.74, 6) is -0.491. The van der Waals surface area contributed by atoms with Gasteiger partial charge in [0.1, 0.15) is 0 Å². The Hall–Kier alpha value is -1.34. The van der Waals surface area contributed by atoms with Crippen molar-refractivity contribution in [2.75, 3.05) is 20.2 Å². The predicted octanol–water partition coefficient (Wildman–Crippen LogP) is 0.615. The number of nitrogens with one attached hydrogen (secondary N) is 1. The fraction of sp³-hybridized carbons (Fsp3) is 0.500. The van der Waals surface area contributed by atoms with Gasteiger partial charge in [-0.25, -0.2) is 4.79 Å². The van der Waals surface area contributed by atoms with E-state index in [1.54, 1.807) is 20.0 Å². The van der Waals surface area contributed by atoms with E-state index in [-0.39, 0.29) is 5.70 Å². The minimum absolute atomic E-state index is 0.145. The van der Waals surface area contributed by atoms with Crippen molar-refractivity contribution in [3.05, 3.63) is 16.6 Å². The maximum atomic E-state index is 11.0. The summed E-state index contributed by atoms with van der Waals surface area (Å²) in [5, 5.41) is 2.83. The van der Waals surface area contributed by atoms with Crippen LogP contribution in [0.3, 0.4) is 0 Å². The van der Waals surface area contributed by atoms with Crippen LogP contribution in [0.2, 0.25) is 0 Å². The van der Waals surface area contributed by atoms with E-state index in [0.717, 1.165) is 0 Å². The number of hydrogen-bond acceptors (Lipinski definition) is 3. The standard InChI is InChI=1S/C8H13N2O2/c1-4-12-8(11)7(10-3)5-6-9-2/h3,5,9H,4,6H2,1-2H3/q+1/b7-5-. The highest BCUT2D eigenvalue weighted by molar-refractivity contribution is 5.90. The number of nitrogens with zero attached hydrogens (tertiary/aromatic N) is 1. The zero-order valence-electron chi connectivity index (χ0n) is 7.33. The molecule has 0 spiro atoms. The van der Waals surface area contributed by atoms with Crippen LogP contribution in [0.4, 0.5) is 0 Å². The average Bonchev–Trinajstić information content (AvgIpc) is 2.06. The van der Waals surface area contributed by atoms with Gasteiger partial charge in [0.15, 0.2) is 0 Å². The molecule has 0 unspecified atom stereocenters. The van der Waals surface area contributed by atoms with E-state index in [0.29, 0.717) is 13.2 Å². The lowest BCUT2D eigenvalue weighted by atomic mass is 10.4. The smallest absolute Gasteiger partial charge is 0.423 e. The van der Waals surface area contributed by atoms with Crippen molar-refractivity contribution >= 4 is 5.97 Å². The second-order valence-electron chi connectivity index (χ2n) is 2.00. The summed E-state index contributed by atoms with van der Waals surface area (Å²) in [5.41, 5.74) is 0.145. The van der Waals surface area contributed by atoms with Crippen molar-refractivity contribution in [2.24, 2.45) is 0 Å². The Balaban J connectivity index is 4.16. The molecule has 0 aliphatic carbocycles. The fourth-order valence-corrected chi connectivity index (χ4v) is 0.593. The van der Waals surface area contributed by atoms with E-state index in [2.05, 4.69) is 14.9 Å². The van der Waals surface area contributed by atoms with Crippen molar-refractivity contribution in [3.8, 4) is 6.57 Å². The van der Waals surface area contributed by atoms with Crippen LogP contribution in [0.1, 0.15) is 6.92 Å². The van der Waals surface area contributed by atoms with Crippen molar-refractivity contribution in [2.45, 2.75) is 6.92 Å². The third-order valence-corrected chi connectivity index (χ3v) is 1.12. The highest BCUT2D eigenvalue weighted by Crippen LogP contribution is 1.98. The first-order valence-electron chi connectivity index (χ1n) is 3.69. The molecule has 12 heavy (non-hydrogen) atoms. The monoisotopic (exact) mass is 169 g/mol. The molecule has 0 amide bonds. The van der Waals surface area contributed by atoms with Crippen LogP contribution < -0.4 is 5.32 Å². The molecule has 0 aliphatic heterocycles. The molecule has 66 valence electrons. The molecule has 0 aliphatic rings. The summed E-state index contributed by atoms with van der Waals surface area (Å²) < 4.78 is 4.68. The van der Waals surface area contributed by atoms with Gasteiger partial charge in [0.25, 0.3) is 6.57 Å². The number of rotatable bonds is 4. The van der Waals surface area contributed by atoms with Gasteiger partial charge in [-0.05, 0) is 18.8 Å². The minimum atomic E-state index is -0.491. The number of esters is 1. The molecule has 0 atom stereocenters. The maximum Gasteiger partial charge on any atom is 0.423 e. The molecule has 0 aromatic carbocycles. The minimum Gasteiger partial charge on any atom is -0.457 e. The Kier molecular flexibility index (Phi) is 5.66. The molecular formula is C8H13N2O2+. The van der Waals surface area contributed by atoms with Crippen molar-refractivity contribution in [1.29, 1.82) is 0 Å². The number of likely N-dealkylation sites (N-methyl/N-ethyl adjacent to an activating group) is 1. The summed E-state index contributed by atoms with van der Waals surface area (Å²) in [6, 6.07) is 0. The quantitative estimate of drug-likeness (QED) is 0.495. The number of carbonyl (C=O) groups is 1. The molecule has 1 N–H and O–H groups in total. The van der Waals surface area contributed by atoms with Crippen LogP contribution in [0.25, 0.3) is 4.85 Å². The second kappa shape index (κ2) is 6.38. The third-order valence-electron chi connectivity index (χ3n) is 1.12. The summed E-state index contributed by atoms with van der Waals surface area (Å²) >= 11 is 0. The Labute approximate surface area is 72.0 Å². The molecule has 0 saturated carbocycles. The summed E-state index contributed by atoms with van der Waals surface area (Å²) in [4.78, 5) is 14.3. The zero-order valence-corrected chi connectivity index (χ0v) is 7.33. The van der Waals surface area contributed by atoms with Gasteiger partial charge in [-0.15, -0.1) is 0 Å². The van der Waals surface area contributed by atoms with Crippen LogP contribution in [-0.4, -0.2) is 26.2 Å². The first-order chi connectivity index (χ1) is 5.76. The Bertz CT molecular complexity index is 216. The van der Waals surface area contributed by atoms with Gasteiger partial charge >= 0.3 is 11.7 Å². The van der Waals surface area contributed by atoms with Crippen LogP contribution >= 0.6 is 0 Å². The van der Waals surface area contributed by atoms with E-state index in [4.69, 9.17) is 6.57 Å². The van der Waals surface area contributed by atoms with E-state index >= 15 is 0 Å². The molecule has 0 rings (SSSR count). The average molecular weight is 169 g/mol. The summed E-state index contributed by atoms with van der Waals surface area (Å²) in [6.45, 7) is 7.56. The number of hydrogen-bond donors (Lipinski definition) is 1.